The lowest BCUT2D eigenvalue weighted by molar-refractivity contribution is -0.127. The van der Waals surface area contributed by atoms with E-state index in [1.165, 1.54) is 5.56 Å². The predicted molar refractivity (Wildman–Crippen MR) is 105 cm³/mol. The van der Waals surface area contributed by atoms with E-state index in [0.29, 0.717) is 18.9 Å². The van der Waals surface area contributed by atoms with Crippen molar-refractivity contribution >= 4 is 11.6 Å². The molecule has 6 nitrogen and oxygen atoms in total. The van der Waals surface area contributed by atoms with Gasteiger partial charge in [0.15, 0.2) is 11.8 Å². The van der Waals surface area contributed by atoms with E-state index in [1.807, 2.05) is 47.9 Å². The smallest absolute Gasteiger partial charge is 0.260 e. The summed E-state index contributed by atoms with van der Waals surface area (Å²) in [5, 5.41) is 11.2. The standard InChI is InChI=1S/C21H26N4O2/c1-14(2)17-9-8-15(3)18(13-17)27-16(4)21(26)22-11-10-20-24-23-19-7-5-6-12-25(19)20/h5-9,12-14,16H,10-11H2,1-4H3,(H,22,26)/t16-/m1/s1. The molecule has 0 saturated carbocycles. The molecule has 27 heavy (non-hydrogen) atoms. The molecule has 0 bridgehead atoms. The average molecular weight is 366 g/mol. The van der Waals surface area contributed by atoms with Gasteiger partial charge in [-0.05, 0) is 49.1 Å². The molecule has 0 radical (unpaired) electrons. The molecule has 2 heterocycles. The summed E-state index contributed by atoms with van der Waals surface area (Å²) in [4.78, 5) is 12.4. The number of fused-ring (bicyclic) bond motifs is 1. The number of ether oxygens (including phenoxy) is 1. The molecule has 0 spiro atoms. The highest BCUT2D eigenvalue weighted by molar-refractivity contribution is 5.80. The highest BCUT2D eigenvalue weighted by Crippen LogP contribution is 2.25. The quantitative estimate of drug-likeness (QED) is 0.697. The number of hydrogen-bond acceptors (Lipinski definition) is 4. The van der Waals surface area contributed by atoms with E-state index in [1.54, 1.807) is 6.92 Å². The summed E-state index contributed by atoms with van der Waals surface area (Å²) in [6.07, 6.45) is 1.95. The summed E-state index contributed by atoms with van der Waals surface area (Å²) in [5.41, 5.74) is 3.02. The van der Waals surface area contributed by atoms with Crippen LogP contribution in [0.25, 0.3) is 5.65 Å². The first-order valence-corrected chi connectivity index (χ1v) is 9.29. The van der Waals surface area contributed by atoms with Crippen LogP contribution in [0.5, 0.6) is 5.75 Å². The second-order valence-electron chi connectivity index (χ2n) is 7.03. The van der Waals surface area contributed by atoms with Gasteiger partial charge in [0, 0.05) is 19.2 Å². The van der Waals surface area contributed by atoms with Gasteiger partial charge in [-0.2, -0.15) is 0 Å². The minimum absolute atomic E-state index is 0.141. The fourth-order valence-electron chi connectivity index (χ4n) is 2.85. The number of hydrogen-bond donors (Lipinski definition) is 1. The Morgan fingerprint density at radius 1 is 1.19 bits per heavy atom. The maximum atomic E-state index is 12.4. The zero-order valence-electron chi connectivity index (χ0n) is 16.3. The van der Waals surface area contributed by atoms with Gasteiger partial charge in [-0.25, -0.2) is 0 Å². The highest BCUT2D eigenvalue weighted by Gasteiger charge is 2.16. The molecule has 0 aliphatic carbocycles. The van der Waals surface area contributed by atoms with Crippen molar-refractivity contribution in [3.8, 4) is 5.75 Å². The van der Waals surface area contributed by atoms with Crippen LogP contribution in [0.15, 0.2) is 42.6 Å². The summed E-state index contributed by atoms with van der Waals surface area (Å²) >= 11 is 0. The van der Waals surface area contributed by atoms with Crippen molar-refractivity contribution in [1.29, 1.82) is 0 Å². The van der Waals surface area contributed by atoms with Crippen molar-refractivity contribution in [3.63, 3.8) is 0 Å². The minimum atomic E-state index is -0.568. The van der Waals surface area contributed by atoms with Gasteiger partial charge in [0.1, 0.15) is 11.6 Å². The number of aryl methyl sites for hydroxylation is 1. The number of pyridine rings is 1. The fraction of sp³-hybridized carbons (Fsp3) is 0.381. The van der Waals surface area contributed by atoms with Crippen LogP contribution in [0.3, 0.4) is 0 Å². The molecule has 0 unspecified atom stereocenters. The Bertz CT molecular complexity index is 933. The number of amides is 1. The van der Waals surface area contributed by atoms with E-state index in [9.17, 15) is 4.79 Å². The van der Waals surface area contributed by atoms with Crippen molar-refractivity contribution in [2.24, 2.45) is 0 Å². The molecule has 6 heteroatoms. The van der Waals surface area contributed by atoms with Gasteiger partial charge in [-0.3, -0.25) is 9.20 Å². The molecule has 0 saturated heterocycles. The van der Waals surface area contributed by atoms with E-state index in [-0.39, 0.29) is 5.91 Å². The van der Waals surface area contributed by atoms with Gasteiger partial charge in [0.25, 0.3) is 5.91 Å². The molecule has 2 aromatic heterocycles. The molecule has 0 fully saturated rings. The summed E-state index contributed by atoms with van der Waals surface area (Å²) in [6, 6.07) is 11.9. The van der Waals surface area contributed by atoms with E-state index in [0.717, 1.165) is 22.8 Å². The lowest BCUT2D eigenvalue weighted by atomic mass is 10.0. The largest absolute Gasteiger partial charge is 0.481 e. The summed E-state index contributed by atoms with van der Waals surface area (Å²) in [5.74, 6) is 1.85. The fourth-order valence-corrected chi connectivity index (χ4v) is 2.85. The number of carbonyl (C=O) groups is 1. The van der Waals surface area contributed by atoms with Crippen molar-refractivity contribution in [2.45, 2.75) is 46.1 Å². The van der Waals surface area contributed by atoms with Crippen LogP contribution >= 0.6 is 0 Å². The Morgan fingerprint density at radius 2 is 2.00 bits per heavy atom. The molecule has 142 valence electrons. The van der Waals surface area contributed by atoms with Crippen molar-refractivity contribution in [2.75, 3.05) is 6.54 Å². The molecule has 1 aromatic carbocycles. The second-order valence-corrected chi connectivity index (χ2v) is 7.03. The lowest BCUT2D eigenvalue weighted by Crippen LogP contribution is -2.37. The van der Waals surface area contributed by atoms with Gasteiger partial charge in [-0.15, -0.1) is 10.2 Å². The SMILES string of the molecule is Cc1ccc(C(C)C)cc1O[C@H](C)C(=O)NCCc1nnc2ccccn12. The monoisotopic (exact) mass is 366 g/mol. The highest BCUT2D eigenvalue weighted by atomic mass is 16.5. The number of rotatable bonds is 7. The molecular weight excluding hydrogens is 340 g/mol. The molecule has 0 aliphatic heterocycles. The van der Waals surface area contributed by atoms with Gasteiger partial charge in [-0.1, -0.05) is 32.0 Å². The third-order valence-corrected chi connectivity index (χ3v) is 4.58. The predicted octanol–water partition coefficient (Wildman–Crippen LogP) is 3.29. The van der Waals surface area contributed by atoms with Gasteiger partial charge in [0.2, 0.25) is 0 Å². The summed E-state index contributed by atoms with van der Waals surface area (Å²) < 4.78 is 7.83. The zero-order valence-corrected chi connectivity index (χ0v) is 16.3. The number of carbonyl (C=O) groups excluding carboxylic acids is 1. The van der Waals surface area contributed by atoms with Gasteiger partial charge in [0.05, 0.1) is 0 Å². The Kier molecular flexibility index (Phi) is 5.74. The lowest BCUT2D eigenvalue weighted by Gasteiger charge is -2.18. The molecule has 0 aliphatic rings. The molecule has 3 aromatic rings. The van der Waals surface area contributed by atoms with Crippen LogP contribution < -0.4 is 10.1 Å². The van der Waals surface area contributed by atoms with Crippen LogP contribution in [-0.2, 0) is 11.2 Å². The van der Waals surface area contributed by atoms with Gasteiger partial charge < -0.3 is 10.1 Å². The Hall–Kier alpha value is -2.89. The van der Waals surface area contributed by atoms with Crippen molar-refractivity contribution in [3.05, 3.63) is 59.5 Å². The van der Waals surface area contributed by atoms with Crippen LogP contribution in [0.4, 0.5) is 0 Å². The maximum Gasteiger partial charge on any atom is 0.260 e. The van der Waals surface area contributed by atoms with Crippen molar-refractivity contribution < 1.29 is 9.53 Å². The first-order chi connectivity index (χ1) is 13.0. The first kappa shape index (κ1) is 18.9. The normalized spacial score (nSPS) is 12.3. The topological polar surface area (TPSA) is 68.5 Å². The molecule has 1 N–H and O–H groups in total. The molecule has 1 atom stereocenters. The van der Waals surface area contributed by atoms with E-state index < -0.39 is 6.10 Å². The second kappa shape index (κ2) is 8.20. The number of aromatic nitrogens is 3. The van der Waals surface area contributed by atoms with Gasteiger partial charge >= 0.3 is 0 Å². The maximum absolute atomic E-state index is 12.4. The summed E-state index contributed by atoms with van der Waals surface area (Å²) in [6.45, 7) is 8.51. The Labute approximate surface area is 159 Å². The number of nitrogens with zero attached hydrogens (tertiary/aromatic N) is 3. The minimum Gasteiger partial charge on any atom is -0.481 e. The van der Waals surface area contributed by atoms with E-state index in [4.69, 9.17) is 4.74 Å². The average Bonchev–Trinajstić information content (AvgIpc) is 3.06. The Balaban J connectivity index is 1.56. The van der Waals surface area contributed by atoms with Crippen LogP contribution in [0, 0.1) is 6.92 Å². The molecular formula is C21H26N4O2. The number of benzene rings is 1. The third kappa shape index (κ3) is 4.45. The molecule has 3 rings (SSSR count). The van der Waals surface area contributed by atoms with Crippen LogP contribution in [-0.4, -0.2) is 33.2 Å². The van der Waals surface area contributed by atoms with E-state index in [2.05, 4.69) is 35.4 Å². The summed E-state index contributed by atoms with van der Waals surface area (Å²) in [7, 11) is 0. The van der Waals surface area contributed by atoms with E-state index >= 15 is 0 Å². The van der Waals surface area contributed by atoms with Crippen LogP contribution in [0.1, 0.15) is 43.6 Å². The zero-order chi connectivity index (χ0) is 19.4. The Morgan fingerprint density at radius 3 is 2.78 bits per heavy atom. The number of nitrogens with one attached hydrogen (secondary N) is 1. The first-order valence-electron chi connectivity index (χ1n) is 9.29. The van der Waals surface area contributed by atoms with Crippen LogP contribution in [0.2, 0.25) is 0 Å². The third-order valence-electron chi connectivity index (χ3n) is 4.58. The molecule has 1 amide bonds. The van der Waals surface area contributed by atoms with Crippen molar-refractivity contribution in [1.82, 2.24) is 19.9 Å².